The summed E-state index contributed by atoms with van der Waals surface area (Å²) >= 11 is 0. The number of rotatable bonds is 5. The van der Waals surface area contributed by atoms with Crippen molar-refractivity contribution < 1.29 is 9.13 Å². The van der Waals surface area contributed by atoms with Crippen LogP contribution < -0.4 is 5.73 Å². The van der Waals surface area contributed by atoms with Gasteiger partial charge in [-0.25, -0.2) is 9.07 Å². The Morgan fingerprint density at radius 3 is 2.89 bits per heavy atom. The lowest BCUT2D eigenvalue weighted by molar-refractivity contribution is 0.0709. The number of anilines is 1. The van der Waals surface area contributed by atoms with Crippen LogP contribution in [0, 0.1) is 5.82 Å². The van der Waals surface area contributed by atoms with E-state index < -0.39 is 0 Å². The van der Waals surface area contributed by atoms with Crippen LogP contribution in [-0.4, -0.2) is 32.9 Å². The second-order valence-electron chi connectivity index (χ2n) is 4.38. The first-order chi connectivity index (χ1) is 9.08. The summed E-state index contributed by atoms with van der Waals surface area (Å²) in [5, 5.41) is 11.4. The van der Waals surface area contributed by atoms with Crippen LogP contribution in [0.5, 0.6) is 0 Å². The highest BCUT2D eigenvalue weighted by molar-refractivity contribution is 5.71. The molecule has 0 fully saturated rings. The van der Waals surface area contributed by atoms with Crippen molar-refractivity contribution in [1.82, 2.24) is 20.2 Å². The van der Waals surface area contributed by atoms with Gasteiger partial charge in [-0.05, 0) is 42.5 Å². The molecule has 2 rings (SSSR count). The Labute approximate surface area is 110 Å². The number of hydrogen-bond donors (Lipinski definition) is 1. The van der Waals surface area contributed by atoms with Crippen molar-refractivity contribution in [2.75, 3.05) is 12.3 Å². The fourth-order valence-electron chi connectivity index (χ4n) is 1.66. The van der Waals surface area contributed by atoms with Crippen molar-refractivity contribution in [1.29, 1.82) is 0 Å². The highest BCUT2D eigenvalue weighted by atomic mass is 19.1. The summed E-state index contributed by atoms with van der Waals surface area (Å²) in [6.45, 7) is 4.92. The van der Waals surface area contributed by atoms with Gasteiger partial charge in [0.15, 0.2) is 5.82 Å². The van der Waals surface area contributed by atoms with Crippen LogP contribution in [0.25, 0.3) is 11.4 Å². The molecule has 0 bridgehead atoms. The number of hydrogen-bond acceptors (Lipinski definition) is 5. The van der Waals surface area contributed by atoms with Gasteiger partial charge in [-0.2, -0.15) is 0 Å². The first-order valence-electron chi connectivity index (χ1n) is 6.01. The molecule has 0 saturated carbocycles. The molecule has 0 radical (unpaired) electrons. The van der Waals surface area contributed by atoms with E-state index in [0.29, 0.717) is 30.2 Å². The molecular weight excluding hydrogens is 249 g/mol. The molecule has 19 heavy (non-hydrogen) atoms. The minimum Gasteiger partial charge on any atom is -0.398 e. The lowest BCUT2D eigenvalue weighted by Gasteiger charge is -2.09. The van der Waals surface area contributed by atoms with E-state index in [2.05, 4.69) is 15.5 Å². The summed E-state index contributed by atoms with van der Waals surface area (Å²) in [5.41, 5.74) is 6.69. The molecule has 0 atom stereocenters. The quantitative estimate of drug-likeness (QED) is 0.828. The molecule has 0 aliphatic heterocycles. The zero-order chi connectivity index (χ0) is 13.8. The van der Waals surface area contributed by atoms with E-state index in [1.807, 2.05) is 13.8 Å². The number of halogens is 1. The number of benzene rings is 1. The van der Waals surface area contributed by atoms with E-state index in [1.54, 1.807) is 10.7 Å². The van der Waals surface area contributed by atoms with Gasteiger partial charge < -0.3 is 10.5 Å². The second kappa shape index (κ2) is 5.75. The third-order valence-corrected chi connectivity index (χ3v) is 2.54. The van der Waals surface area contributed by atoms with Gasteiger partial charge in [0.1, 0.15) is 5.82 Å². The third kappa shape index (κ3) is 3.25. The average Bonchev–Trinajstić information content (AvgIpc) is 2.77. The van der Waals surface area contributed by atoms with Crippen LogP contribution in [0.3, 0.4) is 0 Å². The Morgan fingerprint density at radius 2 is 2.21 bits per heavy atom. The molecule has 1 aromatic heterocycles. The van der Waals surface area contributed by atoms with Crippen molar-refractivity contribution in [3.63, 3.8) is 0 Å². The number of ether oxygens (including phenoxy) is 1. The smallest absolute Gasteiger partial charge is 0.184 e. The molecule has 2 aromatic rings. The van der Waals surface area contributed by atoms with Gasteiger partial charge in [-0.15, -0.1) is 5.10 Å². The highest BCUT2D eigenvalue weighted by Gasteiger charge is 2.12. The molecule has 6 nitrogen and oxygen atoms in total. The molecule has 0 saturated heterocycles. The van der Waals surface area contributed by atoms with Crippen molar-refractivity contribution in [2.45, 2.75) is 26.5 Å². The number of nitrogens with two attached hydrogens (primary N) is 1. The van der Waals surface area contributed by atoms with E-state index >= 15 is 0 Å². The third-order valence-electron chi connectivity index (χ3n) is 2.54. The molecule has 1 aromatic carbocycles. The lowest BCUT2D eigenvalue weighted by atomic mass is 10.1. The lowest BCUT2D eigenvalue weighted by Crippen LogP contribution is -2.13. The van der Waals surface area contributed by atoms with E-state index in [1.165, 1.54) is 12.1 Å². The normalized spacial score (nSPS) is 11.2. The Balaban J connectivity index is 2.19. The summed E-state index contributed by atoms with van der Waals surface area (Å²) in [5.74, 6) is 0.119. The Morgan fingerprint density at radius 1 is 1.42 bits per heavy atom. The summed E-state index contributed by atoms with van der Waals surface area (Å²) in [6, 6.07) is 4.14. The summed E-state index contributed by atoms with van der Waals surface area (Å²) in [6.07, 6.45) is 0.149. The predicted molar refractivity (Wildman–Crippen MR) is 68.7 cm³/mol. The fourth-order valence-corrected chi connectivity index (χ4v) is 1.66. The molecule has 0 amide bonds. The largest absolute Gasteiger partial charge is 0.398 e. The topological polar surface area (TPSA) is 78.8 Å². The zero-order valence-corrected chi connectivity index (χ0v) is 10.9. The first kappa shape index (κ1) is 13.4. The number of nitrogen functional groups attached to an aromatic ring is 1. The number of nitrogens with zero attached hydrogens (tertiary/aromatic N) is 4. The van der Waals surface area contributed by atoms with Crippen molar-refractivity contribution in [2.24, 2.45) is 0 Å². The molecule has 0 aliphatic carbocycles. The van der Waals surface area contributed by atoms with Crippen LogP contribution in [-0.2, 0) is 11.3 Å². The van der Waals surface area contributed by atoms with E-state index in [-0.39, 0.29) is 11.9 Å². The molecule has 0 unspecified atom stereocenters. The summed E-state index contributed by atoms with van der Waals surface area (Å²) in [4.78, 5) is 0. The Hall–Kier alpha value is -2.02. The molecule has 0 spiro atoms. The maximum absolute atomic E-state index is 13.0. The maximum Gasteiger partial charge on any atom is 0.184 e. The predicted octanol–water partition coefficient (Wildman–Crippen LogP) is 1.49. The molecule has 7 heteroatoms. The number of aromatic nitrogens is 4. The molecule has 2 N–H and O–H groups in total. The minimum absolute atomic E-state index is 0.149. The van der Waals surface area contributed by atoms with E-state index in [0.717, 1.165) is 0 Å². The second-order valence-corrected chi connectivity index (χ2v) is 4.38. The summed E-state index contributed by atoms with van der Waals surface area (Å²) < 4.78 is 20.1. The van der Waals surface area contributed by atoms with Gasteiger partial charge in [-0.1, -0.05) is 0 Å². The van der Waals surface area contributed by atoms with Crippen LogP contribution >= 0.6 is 0 Å². The highest BCUT2D eigenvalue weighted by Crippen LogP contribution is 2.23. The molecule has 1 heterocycles. The Bertz CT molecular complexity index is 555. The standard InChI is InChI=1S/C12H16FN5O/c1-8(2)19-6-5-18-12(15-16-17-18)10-4-3-9(13)7-11(10)14/h3-4,7-8H,5-6,14H2,1-2H3. The molecular formula is C12H16FN5O. The van der Waals surface area contributed by atoms with Gasteiger partial charge in [-0.3, -0.25) is 0 Å². The molecule has 102 valence electrons. The number of tetrazole rings is 1. The average molecular weight is 265 g/mol. The zero-order valence-electron chi connectivity index (χ0n) is 10.9. The van der Waals surface area contributed by atoms with Crippen molar-refractivity contribution in [3.05, 3.63) is 24.0 Å². The van der Waals surface area contributed by atoms with Crippen LogP contribution in [0.2, 0.25) is 0 Å². The monoisotopic (exact) mass is 265 g/mol. The van der Waals surface area contributed by atoms with Gasteiger partial charge in [0.25, 0.3) is 0 Å². The first-order valence-corrected chi connectivity index (χ1v) is 6.01. The van der Waals surface area contributed by atoms with Crippen LogP contribution in [0.15, 0.2) is 18.2 Å². The maximum atomic E-state index is 13.0. The van der Waals surface area contributed by atoms with Gasteiger partial charge in [0, 0.05) is 11.3 Å². The minimum atomic E-state index is -0.386. The molecule has 0 aliphatic rings. The van der Waals surface area contributed by atoms with E-state index in [4.69, 9.17) is 10.5 Å². The van der Waals surface area contributed by atoms with E-state index in [9.17, 15) is 4.39 Å². The van der Waals surface area contributed by atoms with Crippen molar-refractivity contribution in [3.8, 4) is 11.4 Å². The Kier molecular flexibility index (Phi) is 4.06. The van der Waals surface area contributed by atoms with Gasteiger partial charge in [0.2, 0.25) is 0 Å². The van der Waals surface area contributed by atoms with Crippen LogP contribution in [0.1, 0.15) is 13.8 Å². The van der Waals surface area contributed by atoms with Gasteiger partial charge in [0.05, 0.1) is 19.3 Å². The fraction of sp³-hybridized carbons (Fsp3) is 0.417. The van der Waals surface area contributed by atoms with Gasteiger partial charge >= 0.3 is 0 Å². The summed E-state index contributed by atoms with van der Waals surface area (Å²) in [7, 11) is 0. The SMILES string of the molecule is CC(C)OCCn1nnnc1-c1ccc(F)cc1N. The van der Waals surface area contributed by atoms with Crippen LogP contribution in [0.4, 0.5) is 10.1 Å². The van der Waals surface area contributed by atoms with Crippen molar-refractivity contribution >= 4 is 5.69 Å².